The summed E-state index contributed by atoms with van der Waals surface area (Å²) in [7, 11) is 0. The van der Waals surface area contributed by atoms with E-state index in [1.165, 1.54) is 23.0 Å². The Morgan fingerprint density at radius 2 is 2.29 bits per heavy atom. The van der Waals surface area contributed by atoms with Gasteiger partial charge in [-0.3, -0.25) is 10.1 Å². The van der Waals surface area contributed by atoms with Crippen molar-refractivity contribution in [3.05, 3.63) is 51.3 Å². The van der Waals surface area contributed by atoms with Gasteiger partial charge in [0.1, 0.15) is 5.56 Å². The molecule has 0 aliphatic heterocycles. The molecule has 9 nitrogen and oxygen atoms in total. The van der Waals surface area contributed by atoms with Crippen LogP contribution in [0.2, 0.25) is 0 Å². The van der Waals surface area contributed by atoms with E-state index in [0.717, 1.165) is 6.07 Å². The molecule has 0 amide bonds. The summed E-state index contributed by atoms with van der Waals surface area (Å²) in [6.45, 7) is 1.72. The Kier molecular flexibility index (Phi) is 3.65. The molecule has 0 atom stereocenters. The highest BCUT2D eigenvalue weighted by Crippen LogP contribution is 2.22. The number of imidazole rings is 1. The van der Waals surface area contributed by atoms with Crippen molar-refractivity contribution in [3.8, 4) is 0 Å². The third kappa shape index (κ3) is 2.86. The first-order valence-corrected chi connectivity index (χ1v) is 5.76. The topological polar surface area (TPSA) is 137 Å². The highest BCUT2D eigenvalue weighted by molar-refractivity contribution is 5.98. The second kappa shape index (κ2) is 5.41. The minimum absolute atomic E-state index is 0.0608. The van der Waals surface area contributed by atoms with Crippen LogP contribution in [0.1, 0.15) is 21.6 Å². The van der Waals surface area contributed by atoms with Gasteiger partial charge in [-0.2, -0.15) is 5.10 Å². The molecular formula is C12H11N5O4. The fraction of sp³-hybridized carbons (Fsp3) is 0.0833. The van der Waals surface area contributed by atoms with E-state index in [-0.39, 0.29) is 11.5 Å². The number of rotatable bonds is 4. The first-order valence-electron chi connectivity index (χ1n) is 5.76. The Labute approximate surface area is 118 Å². The summed E-state index contributed by atoms with van der Waals surface area (Å²) in [5.41, 5.74) is 5.36. The van der Waals surface area contributed by atoms with Crippen LogP contribution in [0.4, 0.5) is 11.6 Å². The summed E-state index contributed by atoms with van der Waals surface area (Å²) in [5, 5.41) is 24.0. The van der Waals surface area contributed by atoms with Crippen molar-refractivity contribution in [2.45, 2.75) is 6.92 Å². The standard InChI is InChI=1S/C12H11N5O4/c1-7-6-16(12(13)15-7)14-5-8-3-2-4-9(11(18)19)10(8)17(20)21/h2-6H,1H3,(H2,13,15)(H,18,19). The minimum Gasteiger partial charge on any atom is -0.477 e. The first kappa shape index (κ1) is 14.2. The summed E-state index contributed by atoms with van der Waals surface area (Å²) in [4.78, 5) is 25.3. The average molecular weight is 289 g/mol. The van der Waals surface area contributed by atoms with E-state index in [2.05, 4.69) is 10.1 Å². The average Bonchev–Trinajstić information content (AvgIpc) is 2.73. The molecule has 2 rings (SSSR count). The molecule has 0 unspecified atom stereocenters. The number of nitro benzene ring substituents is 1. The molecule has 0 aliphatic rings. The number of nitrogen functional groups attached to an aromatic ring is 1. The lowest BCUT2D eigenvalue weighted by molar-refractivity contribution is -0.385. The molecule has 1 aromatic carbocycles. The lowest BCUT2D eigenvalue weighted by atomic mass is 10.1. The van der Waals surface area contributed by atoms with E-state index >= 15 is 0 Å². The summed E-state index contributed by atoms with van der Waals surface area (Å²) in [6, 6.07) is 3.96. The van der Waals surface area contributed by atoms with Gasteiger partial charge in [0.05, 0.1) is 28.6 Å². The van der Waals surface area contributed by atoms with Gasteiger partial charge in [0, 0.05) is 0 Å². The van der Waals surface area contributed by atoms with Gasteiger partial charge in [0.2, 0.25) is 5.95 Å². The summed E-state index contributed by atoms with van der Waals surface area (Å²) in [6.07, 6.45) is 2.71. The van der Waals surface area contributed by atoms with E-state index in [0.29, 0.717) is 5.69 Å². The van der Waals surface area contributed by atoms with Crippen LogP contribution in [0.5, 0.6) is 0 Å². The molecule has 108 valence electrons. The Balaban J connectivity index is 2.49. The van der Waals surface area contributed by atoms with Crippen molar-refractivity contribution in [1.29, 1.82) is 0 Å². The Bertz CT molecular complexity index is 750. The number of nitro groups is 1. The summed E-state index contributed by atoms with van der Waals surface area (Å²) < 4.78 is 1.24. The Hall–Kier alpha value is -3.23. The molecule has 0 spiro atoms. The van der Waals surface area contributed by atoms with Gasteiger partial charge in [0.25, 0.3) is 5.69 Å². The number of hydrogen-bond donors (Lipinski definition) is 2. The summed E-state index contributed by atoms with van der Waals surface area (Å²) >= 11 is 0. The maximum Gasteiger partial charge on any atom is 0.342 e. The van der Waals surface area contributed by atoms with Gasteiger partial charge < -0.3 is 10.8 Å². The van der Waals surface area contributed by atoms with Crippen LogP contribution >= 0.6 is 0 Å². The highest BCUT2D eigenvalue weighted by Gasteiger charge is 2.23. The molecule has 2 aromatic rings. The molecule has 0 fully saturated rings. The first-order chi connectivity index (χ1) is 9.90. The van der Waals surface area contributed by atoms with Crippen molar-refractivity contribution < 1.29 is 14.8 Å². The van der Waals surface area contributed by atoms with Crippen LogP contribution in [-0.2, 0) is 0 Å². The molecule has 1 aromatic heterocycles. The van der Waals surface area contributed by atoms with Crippen molar-refractivity contribution in [1.82, 2.24) is 9.66 Å². The van der Waals surface area contributed by atoms with Crippen LogP contribution in [0, 0.1) is 17.0 Å². The number of nitrogens with two attached hydrogens (primary N) is 1. The number of carboxylic acids is 1. The van der Waals surface area contributed by atoms with Gasteiger partial charge in [-0.1, -0.05) is 6.07 Å². The van der Waals surface area contributed by atoms with Crippen LogP contribution in [0.25, 0.3) is 0 Å². The van der Waals surface area contributed by atoms with Crippen molar-refractivity contribution in [2.75, 3.05) is 5.73 Å². The van der Waals surface area contributed by atoms with Crippen molar-refractivity contribution in [2.24, 2.45) is 5.10 Å². The smallest absolute Gasteiger partial charge is 0.342 e. The minimum atomic E-state index is -1.38. The van der Waals surface area contributed by atoms with Crippen LogP contribution in [0.15, 0.2) is 29.5 Å². The number of aryl methyl sites for hydroxylation is 1. The SMILES string of the molecule is Cc1cn(N=Cc2cccc(C(=O)O)c2[N+](=O)[O-])c(N)n1. The lowest BCUT2D eigenvalue weighted by Gasteiger charge is -2.01. The van der Waals surface area contributed by atoms with Crippen LogP contribution in [-0.4, -0.2) is 31.9 Å². The molecule has 0 bridgehead atoms. The Morgan fingerprint density at radius 3 is 2.81 bits per heavy atom. The number of aromatic nitrogens is 2. The summed E-state index contributed by atoms with van der Waals surface area (Å²) in [5.74, 6) is -1.25. The van der Waals surface area contributed by atoms with E-state index < -0.39 is 22.1 Å². The number of anilines is 1. The van der Waals surface area contributed by atoms with E-state index in [4.69, 9.17) is 10.8 Å². The number of para-hydroxylation sites is 1. The van der Waals surface area contributed by atoms with E-state index in [9.17, 15) is 14.9 Å². The highest BCUT2D eigenvalue weighted by atomic mass is 16.6. The zero-order chi connectivity index (χ0) is 15.6. The number of benzene rings is 1. The number of carboxylic acid groups (broad SMARTS) is 1. The van der Waals surface area contributed by atoms with Crippen LogP contribution in [0.3, 0.4) is 0 Å². The molecular weight excluding hydrogens is 278 g/mol. The second-order valence-electron chi connectivity index (χ2n) is 4.14. The molecule has 0 radical (unpaired) electrons. The van der Waals surface area contributed by atoms with Gasteiger partial charge >= 0.3 is 5.97 Å². The molecule has 0 aliphatic carbocycles. The molecule has 0 saturated heterocycles. The molecule has 1 heterocycles. The third-order valence-electron chi connectivity index (χ3n) is 2.64. The lowest BCUT2D eigenvalue weighted by Crippen LogP contribution is -2.06. The monoisotopic (exact) mass is 289 g/mol. The van der Waals surface area contributed by atoms with Gasteiger partial charge in [-0.15, -0.1) is 0 Å². The van der Waals surface area contributed by atoms with E-state index in [1.807, 2.05) is 0 Å². The van der Waals surface area contributed by atoms with Gasteiger partial charge in [0.15, 0.2) is 0 Å². The predicted molar refractivity (Wildman–Crippen MR) is 74.4 cm³/mol. The van der Waals surface area contributed by atoms with Crippen molar-refractivity contribution in [3.63, 3.8) is 0 Å². The number of hydrogen-bond acceptors (Lipinski definition) is 6. The van der Waals surface area contributed by atoms with Gasteiger partial charge in [-0.05, 0) is 19.1 Å². The molecule has 3 N–H and O–H groups in total. The second-order valence-corrected chi connectivity index (χ2v) is 4.14. The molecule has 0 saturated carbocycles. The normalized spacial score (nSPS) is 10.9. The van der Waals surface area contributed by atoms with Gasteiger partial charge in [-0.25, -0.2) is 14.5 Å². The zero-order valence-electron chi connectivity index (χ0n) is 10.9. The zero-order valence-corrected chi connectivity index (χ0v) is 10.9. The number of carbonyl (C=O) groups is 1. The Morgan fingerprint density at radius 1 is 1.57 bits per heavy atom. The maximum absolute atomic E-state index is 11.1. The fourth-order valence-electron chi connectivity index (χ4n) is 1.76. The quantitative estimate of drug-likeness (QED) is 0.494. The number of aromatic carboxylic acids is 1. The predicted octanol–water partition coefficient (Wildman–Crippen LogP) is 1.26. The number of nitrogens with zero attached hydrogens (tertiary/aromatic N) is 4. The fourth-order valence-corrected chi connectivity index (χ4v) is 1.76. The van der Waals surface area contributed by atoms with Crippen LogP contribution < -0.4 is 5.73 Å². The largest absolute Gasteiger partial charge is 0.477 e. The molecule has 21 heavy (non-hydrogen) atoms. The molecule has 9 heteroatoms. The third-order valence-corrected chi connectivity index (χ3v) is 2.64. The van der Waals surface area contributed by atoms with Crippen molar-refractivity contribution >= 4 is 23.8 Å². The van der Waals surface area contributed by atoms with E-state index in [1.54, 1.807) is 13.1 Å². The maximum atomic E-state index is 11.1.